The monoisotopic (exact) mass is 454 g/mol. The molecule has 1 aromatic heterocycles. The first-order valence-electron chi connectivity index (χ1n) is 9.08. The third-order valence-electron chi connectivity index (χ3n) is 3.89. The largest absolute Gasteiger partial charge is 0.477 e. The van der Waals surface area contributed by atoms with Gasteiger partial charge in [0.1, 0.15) is 10.7 Å². The SMILES string of the molecule is O=C(COc1ccccc1[N+](=O)[O-])N/N=C\c1ccc(OC(=O)c2ccc([N+](=O)[O-])o2)cc1. The van der Waals surface area contributed by atoms with Crippen LogP contribution >= 0.6 is 0 Å². The van der Waals surface area contributed by atoms with Crippen molar-refractivity contribution in [2.45, 2.75) is 0 Å². The zero-order chi connectivity index (χ0) is 23.8. The number of rotatable bonds is 9. The lowest BCUT2D eigenvalue weighted by atomic mass is 10.2. The van der Waals surface area contributed by atoms with Gasteiger partial charge in [-0.1, -0.05) is 12.1 Å². The predicted octanol–water partition coefficient (Wildman–Crippen LogP) is 2.84. The number of hydrogen-bond acceptors (Lipinski definition) is 10. The van der Waals surface area contributed by atoms with E-state index in [1.54, 1.807) is 0 Å². The molecule has 3 rings (SSSR count). The molecule has 0 saturated carbocycles. The summed E-state index contributed by atoms with van der Waals surface area (Å²) in [6.45, 7) is -0.484. The number of hydrogen-bond donors (Lipinski definition) is 1. The average molecular weight is 454 g/mol. The van der Waals surface area contributed by atoms with Crippen LogP contribution in [0.4, 0.5) is 11.6 Å². The van der Waals surface area contributed by atoms with Gasteiger partial charge in [-0.25, -0.2) is 10.2 Å². The molecule has 1 heterocycles. The molecule has 0 aliphatic heterocycles. The number of carbonyl (C=O) groups excluding carboxylic acids is 2. The molecule has 0 atom stereocenters. The molecule has 0 unspecified atom stereocenters. The third kappa shape index (κ3) is 6.21. The smallest absolute Gasteiger partial charge is 0.433 e. The minimum atomic E-state index is -0.907. The van der Waals surface area contributed by atoms with Crippen molar-refractivity contribution >= 4 is 29.7 Å². The molecule has 0 spiro atoms. The Morgan fingerprint density at radius 2 is 1.73 bits per heavy atom. The Morgan fingerprint density at radius 3 is 2.39 bits per heavy atom. The second kappa shape index (κ2) is 10.3. The number of nitro groups is 2. The van der Waals surface area contributed by atoms with E-state index < -0.39 is 34.2 Å². The number of esters is 1. The van der Waals surface area contributed by atoms with Crippen LogP contribution in [-0.2, 0) is 4.79 Å². The summed E-state index contributed by atoms with van der Waals surface area (Å²) in [6.07, 6.45) is 1.31. The van der Waals surface area contributed by atoms with Gasteiger partial charge in [-0.3, -0.25) is 25.0 Å². The van der Waals surface area contributed by atoms with Crippen molar-refractivity contribution in [2.75, 3.05) is 6.61 Å². The number of nitro benzene ring substituents is 1. The second-order valence-corrected chi connectivity index (χ2v) is 6.16. The van der Waals surface area contributed by atoms with E-state index in [0.717, 1.165) is 12.1 Å². The number of nitrogens with one attached hydrogen (secondary N) is 1. The van der Waals surface area contributed by atoms with Gasteiger partial charge in [-0.05, 0) is 42.0 Å². The van der Waals surface area contributed by atoms with Gasteiger partial charge in [0, 0.05) is 6.07 Å². The molecule has 0 radical (unpaired) electrons. The summed E-state index contributed by atoms with van der Waals surface area (Å²) in [5.74, 6) is -2.34. The minimum absolute atomic E-state index is 0.0454. The molecule has 33 heavy (non-hydrogen) atoms. The van der Waals surface area contributed by atoms with E-state index in [2.05, 4.69) is 10.5 Å². The summed E-state index contributed by atoms with van der Waals surface area (Å²) in [7, 11) is 0. The van der Waals surface area contributed by atoms with Crippen molar-refractivity contribution < 1.29 is 33.3 Å². The van der Waals surface area contributed by atoms with E-state index in [-0.39, 0.29) is 22.9 Å². The lowest BCUT2D eigenvalue weighted by Gasteiger charge is -2.05. The van der Waals surface area contributed by atoms with E-state index in [1.807, 2.05) is 0 Å². The first kappa shape index (κ1) is 22.6. The van der Waals surface area contributed by atoms with Gasteiger partial charge in [-0.15, -0.1) is 0 Å². The highest BCUT2D eigenvalue weighted by atomic mass is 16.7. The quantitative estimate of drug-likeness (QED) is 0.167. The fourth-order valence-electron chi connectivity index (χ4n) is 2.40. The van der Waals surface area contributed by atoms with E-state index in [1.165, 1.54) is 54.7 Å². The summed E-state index contributed by atoms with van der Waals surface area (Å²) in [5, 5.41) is 25.3. The van der Waals surface area contributed by atoms with E-state index in [0.29, 0.717) is 5.56 Å². The van der Waals surface area contributed by atoms with Crippen LogP contribution in [0, 0.1) is 20.2 Å². The van der Waals surface area contributed by atoms with Crippen molar-refractivity contribution in [3.63, 3.8) is 0 Å². The van der Waals surface area contributed by atoms with Gasteiger partial charge in [0.2, 0.25) is 5.76 Å². The summed E-state index contributed by atoms with van der Waals surface area (Å²) >= 11 is 0. The second-order valence-electron chi connectivity index (χ2n) is 6.16. The first-order valence-corrected chi connectivity index (χ1v) is 9.08. The van der Waals surface area contributed by atoms with Crippen molar-refractivity contribution in [1.82, 2.24) is 5.43 Å². The lowest BCUT2D eigenvalue weighted by molar-refractivity contribution is -0.402. The normalized spacial score (nSPS) is 10.5. The Hall–Kier alpha value is -5.07. The van der Waals surface area contributed by atoms with Gasteiger partial charge in [0.15, 0.2) is 12.4 Å². The van der Waals surface area contributed by atoms with Crippen LogP contribution in [0.1, 0.15) is 16.1 Å². The summed E-state index contributed by atoms with van der Waals surface area (Å²) in [6, 6.07) is 13.8. The molecule has 0 bridgehead atoms. The highest BCUT2D eigenvalue weighted by Gasteiger charge is 2.19. The Bertz CT molecular complexity index is 1220. The average Bonchev–Trinajstić information content (AvgIpc) is 3.30. The highest BCUT2D eigenvalue weighted by molar-refractivity contribution is 5.88. The summed E-state index contributed by atoms with van der Waals surface area (Å²) in [4.78, 5) is 43.9. The first-order chi connectivity index (χ1) is 15.8. The van der Waals surface area contributed by atoms with Crippen molar-refractivity contribution in [3.8, 4) is 11.5 Å². The van der Waals surface area contributed by atoms with Crippen LogP contribution in [0.5, 0.6) is 11.5 Å². The van der Waals surface area contributed by atoms with Crippen molar-refractivity contribution in [1.29, 1.82) is 0 Å². The van der Waals surface area contributed by atoms with Gasteiger partial charge in [-0.2, -0.15) is 5.10 Å². The number of amides is 1. The Morgan fingerprint density at radius 1 is 1.00 bits per heavy atom. The standard InChI is InChI=1S/C20H14N4O9/c25-18(12-31-16-4-2-1-3-15(16)23(27)28)22-21-11-13-5-7-14(8-6-13)32-20(26)17-9-10-19(33-17)24(29)30/h1-11H,12H2,(H,22,25)/b21-11-. The number of para-hydroxylation sites is 2. The van der Waals surface area contributed by atoms with Crippen LogP contribution in [-0.4, -0.2) is 34.5 Å². The van der Waals surface area contributed by atoms with Crippen LogP contribution < -0.4 is 14.9 Å². The van der Waals surface area contributed by atoms with E-state index in [9.17, 15) is 29.8 Å². The predicted molar refractivity (Wildman–Crippen MR) is 111 cm³/mol. The number of nitrogens with zero attached hydrogens (tertiary/aromatic N) is 3. The zero-order valence-electron chi connectivity index (χ0n) is 16.6. The molecule has 1 amide bonds. The Balaban J connectivity index is 1.48. The maximum Gasteiger partial charge on any atom is 0.433 e. The zero-order valence-corrected chi connectivity index (χ0v) is 16.6. The molecule has 3 aromatic rings. The van der Waals surface area contributed by atoms with Crippen LogP contribution in [0.3, 0.4) is 0 Å². The number of benzene rings is 2. The number of ether oxygens (including phenoxy) is 2. The third-order valence-corrected chi connectivity index (χ3v) is 3.89. The van der Waals surface area contributed by atoms with Gasteiger partial charge in [0.05, 0.1) is 17.2 Å². The molecule has 0 aliphatic carbocycles. The van der Waals surface area contributed by atoms with Crippen LogP contribution in [0.2, 0.25) is 0 Å². The number of hydrazone groups is 1. The molecule has 0 saturated heterocycles. The van der Waals surface area contributed by atoms with E-state index >= 15 is 0 Å². The van der Waals surface area contributed by atoms with Crippen molar-refractivity contribution in [3.05, 3.63) is 92.2 Å². The Labute approximate surface area is 184 Å². The molecule has 0 aliphatic rings. The number of carbonyl (C=O) groups is 2. The fraction of sp³-hybridized carbons (Fsp3) is 0.0500. The lowest BCUT2D eigenvalue weighted by Crippen LogP contribution is -2.24. The van der Waals surface area contributed by atoms with E-state index in [4.69, 9.17) is 13.9 Å². The highest BCUT2D eigenvalue weighted by Crippen LogP contribution is 2.25. The maximum absolute atomic E-state index is 11.9. The summed E-state index contributed by atoms with van der Waals surface area (Å²) in [5.41, 5.74) is 2.49. The molecular weight excluding hydrogens is 440 g/mol. The van der Waals surface area contributed by atoms with Crippen LogP contribution in [0.15, 0.2) is 70.2 Å². The Kier molecular flexibility index (Phi) is 7.06. The topological polar surface area (TPSA) is 176 Å². The number of furan rings is 1. The molecular formula is C20H14N4O9. The minimum Gasteiger partial charge on any atom is -0.477 e. The molecule has 1 N–H and O–H groups in total. The van der Waals surface area contributed by atoms with Gasteiger partial charge < -0.3 is 13.9 Å². The van der Waals surface area contributed by atoms with Crippen LogP contribution in [0.25, 0.3) is 0 Å². The fourth-order valence-corrected chi connectivity index (χ4v) is 2.40. The molecule has 13 nitrogen and oxygen atoms in total. The molecule has 13 heteroatoms. The maximum atomic E-state index is 11.9. The van der Waals surface area contributed by atoms with Gasteiger partial charge >= 0.3 is 17.5 Å². The van der Waals surface area contributed by atoms with Crippen molar-refractivity contribution in [2.24, 2.45) is 5.10 Å². The summed E-state index contributed by atoms with van der Waals surface area (Å²) < 4.78 is 15.0. The van der Waals surface area contributed by atoms with Gasteiger partial charge in [0.25, 0.3) is 5.91 Å². The molecule has 168 valence electrons. The molecule has 2 aromatic carbocycles. The molecule has 0 fully saturated rings.